The Labute approximate surface area is 153 Å². The number of pyridine rings is 1. The second-order valence-corrected chi connectivity index (χ2v) is 7.23. The molecular formula is C21H23N3O2. The van der Waals surface area contributed by atoms with Gasteiger partial charge in [-0.15, -0.1) is 0 Å². The minimum Gasteiger partial charge on any atom is -0.337 e. The molecule has 2 aromatic rings. The third kappa shape index (κ3) is 2.87. The first-order valence-corrected chi connectivity index (χ1v) is 9.15. The van der Waals surface area contributed by atoms with Gasteiger partial charge < -0.3 is 9.80 Å². The minimum absolute atomic E-state index is 0.00743. The summed E-state index contributed by atoms with van der Waals surface area (Å²) in [5.41, 5.74) is 5.22. The lowest BCUT2D eigenvalue weighted by molar-refractivity contribution is -0.131. The van der Waals surface area contributed by atoms with Gasteiger partial charge in [-0.05, 0) is 43.0 Å². The molecule has 2 aliphatic rings. The molecule has 1 atom stereocenters. The zero-order valence-electron chi connectivity index (χ0n) is 15.2. The van der Waals surface area contributed by atoms with Gasteiger partial charge in [0.25, 0.3) is 0 Å². The molecule has 0 aliphatic carbocycles. The average Bonchev–Trinajstić information content (AvgIpc) is 2.65. The summed E-state index contributed by atoms with van der Waals surface area (Å²) in [5, 5.41) is 0. The topological polar surface area (TPSA) is 53.5 Å². The fourth-order valence-electron chi connectivity index (χ4n) is 4.05. The van der Waals surface area contributed by atoms with Crippen molar-refractivity contribution in [1.82, 2.24) is 9.88 Å². The minimum atomic E-state index is -0.406. The summed E-state index contributed by atoms with van der Waals surface area (Å²) in [5.74, 6) is -0.372. The number of aromatic nitrogens is 1. The van der Waals surface area contributed by atoms with Crippen LogP contribution in [0.15, 0.2) is 36.5 Å². The van der Waals surface area contributed by atoms with Crippen LogP contribution in [0.5, 0.6) is 0 Å². The van der Waals surface area contributed by atoms with Crippen LogP contribution in [-0.2, 0) is 22.6 Å². The van der Waals surface area contributed by atoms with E-state index in [0.29, 0.717) is 19.6 Å². The third-order valence-electron chi connectivity index (χ3n) is 5.38. The number of carbonyl (C=O) groups is 2. The number of hydrogen-bond donors (Lipinski definition) is 0. The summed E-state index contributed by atoms with van der Waals surface area (Å²) in [6.45, 7) is 5.27. The number of aryl methyl sites for hydroxylation is 2. The van der Waals surface area contributed by atoms with Gasteiger partial charge in [0.2, 0.25) is 11.8 Å². The zero-order chi connectivity index (χ0) is 18.3. The maximum atomic E-state index is 13.5. The first-order chi connectivity index (χ1) is 12.5. The molecule has 4 rings (SSSR count). The van der Waals surface area contributed by atoms with Crippen molar-refractivity contribution < 1.29 is 9.59 Å². The SMILES string of the molecule is CC(=O)N1Cc2cccnc2C(C(=O)N2CCCc3cc(C)ccc32)C1. The molecule has 0 saturated heterocycles. The molecule has 0 N–H and O–H groups in total. The highest BCUT2D eigenvalue weighted by Gasteiger charge is 2.36. The number of rotatable bonds is 1. The van der Waals surface area contributed by atoms with Crippen molar-refractivity contribution in [3.63, 3.8) is 0 Å². The number of carbonyl (C=O) groups excluding carboxylic acids is 2. The number of hydrogen-bond acceptors (Lipinski definition) is 3. The van der Waals surface area contributed by atoms with E-state index in [9.17, 15) is 9.59 Å². The van der Waals surface area contributed by atoms with Crippen molar-refractivity contribution in [2.24, 2.45) is 0 Å². The zero-order valence-corrected chi connectivity index (χ0v) is 15.2. The fraction of sp³-hybridized carbons (Fsp3) is 0.381. The van der Waals surface area contributed by atoms with Crippen molar-refractivity contribution in [2.75, 3.05) is 18.0 Å². The predicted octanol–water partition coefficient (Wildman–Crippen LogP) is 2.82. The Morgan fingerprint density at radius 2 is 2.04 bits per heavy atom. The number of benzene rings is 1. The normalized spacial score (nSPS) is 18.9. The molecule has 0 saturated carbocycles. The van der Waals surface area contributed by atoms with Crippen molar-refractivity contribution in [3.8, 4) is 0 Å². The molecule has 0 spiro atoms. The van der Waals surface area contributed by atoms with Gasteiger partial charge in [-0.2, -0.15) is 0 Å². The summed E-state index contributed by atoms with van der Waals surface area (Å²) in [6, 6.07) is 10.1. The van der Waals surface area contributed by atoms with E-state index in [2.05, 4.69) is 24.0 Å². The van der Waals surface area contributed by atoms with Crippen LogP contribution >= 0.6 is 0 Å². The second kappa shape index (κ2) is 6.56. The van der Waals surface area contributed by atoms with Crippen LogP contribution in [0.2, 0.25) is 0 Å². The highest BCUT2D eigenvalue weighted by atomic mass is 16.2. The first kappa shape index (κ1) is 16.8. The quantitative estimate of drug-likeness (QED) is 0.795. The molecule has 0 radical (unpaired) electrons. The van der Waals surface area contributed by atoms with Gasteiger partial charge in [0.05, 0.1) is 11.6 Å². The summed E-state index contributed by atoms with van der Waals surface area (Å²) < 4.78 is 0. The number of nitrogens with zero attached hydrogens (tertiary/aromatic N) is 3. The fourth-order valence-corrected chi connectivity index (χ4v) is 4.05. The Morgan fingerprint density at radius 3 is 2.85 bits per heavy atom. The second-order valence-electron chi connectivity index (χ2n) is 7.23. The molecule has 5 heteroatoms. The molecule has 134 valence electrons. The molecule has 0 fully saturated rings. The summed E-state index contributed by atoms with van der Waals surface area (Å²) in [7, 11) is 0. The van der Waals surface area contributed by atoms with Crippen molar-refractivity contribution in [2.45, 2.75) is 39.2 Å². The lowest BCUT2D eigenvalue weighted by atomic mass is 9.91. The van der Waals surface area contributed by atoms with Crippen LogP contribution in [0.3, 0.4) is 0 Å². The largest absolute Gasteiger partial charge is 0.337 e. The molecule has 2 aliphatic heterocycles. The third-order valence-corrected chi connectivity index (χ3v) is 5.38. The Hall–Kier alpha value is -2.69. The Balaban J connectivity index is 1.71. The maximum absolute atomic E-state index is 13.5. The van der Waals surface area contributed by atoms with Crippen LogP contribution in [0.25, 0.3) is 0 Å². The molecule has 5 nitrogen and oxygen atoms in total. The lowest BCUT2D eigenvalue weighted by Gasteiger charge is -2.37. The van der Waals surface area contributed by atoms with E-state index in [4.69, 9.17) is 0 Å². The van der Waals surface area contributed by atoms with Gasteiger partial charge in [-0.25, -0.2) is 0 Å². The standard InChI is InChI=1S/C21H23N3O2/c1-14-7-8-19-16(11-14)6-4-10-24(19)21(26)18-13-23(15(2)25)12-17-5-3-9-22-20(17)18/h3,5,7-9,11,18H,4,6,10,12-13H2,1-2H3. The van der Waals surface area contributed by atoms with Gasteiger partial charge in [-0.3, -0.25) is 14.6 Å². The van der Waals surface area contributed by atoms with Gasteiger partial charge in [0.1, 0.15) is 0 Å². The summed E-state index contributed by atoms with van der Waals surface area (Å²) >= 11 is 0. The van der Waals surface area contributed by atoms with Gasteiger partial charge >= 0.3 is 0 Å². The predicted molar refractivity (Wildman–Crippen MR) is 99.9 cm³/mol. The number of anilines is 1. The Kier molecular flexibility index (Phi) is 4.23. The Morgan fingerprint density at radius 1 is 1.19 bits per heavy atom. The van der Waals surface area contributed by atoms with Crippen LogP contribution in [0, 0.1) is 6.92 Å². The molecule has 1 unspecified atom stereocenters. The van der Waals surface area contributed by atoms with Crippen LogP contribution in [0.1, 0.15) is 41.6 Å². The van der Waals surface area contributed by atoms with E-state index in [-0.39, 0.29) is 11.8 Å². The van der Waals surface area contributed by atoms with E-state index in [1.807, 2.05) is 23.1 Å². The van der Waals surface area contributed by atoms with Crippen molar-refractivity contribution >= 4 is 17.5 Å². The van der Waals surface area contributed by atoms with Crippen molar-refractivity contribution in [3.05, 3.63) is 58.9 Å². The van der Waals surface area contributed by atoms with Crippen LogP contribution in [-0.4, -0.2) is 34.8 Å². The lowest BCUT2D eigenvalue weighted by Crippen LogP contribution is -2.46. The van der Waals surface area contributed by atoms with E-state index in [0.717, 1.165) is 29.8 Å². The van der Waals surface area contributed by atoms with E-state index < -0.39 is 5.92 Å². The molecule has 1 aromatic heterocycles. The smallest absolute Gasteiger partial charge is 0.237 e. The van der Waals surface area contributed by atoms with Gasteiger partial charge in [0, 0.05) is 38.4 Å². The maximum Gasteiger partial charge on any atom is 0.237 e. The van der Waals surface area contributed by atoms with E-state index in [1.54, 1.807) is 18.0 Å². The Bertz CT molecular complexity index is 877. The van der Waals surface area contributed by atoms with Gasteiger partial charge in [-0.1, -0.05) is 23.8 Å². The van der Waals surface area contributed by atoms with Crippen LogP contribution < -0.4 is 4.90 Å². The molecule has 3 heterocycles. The van der Waals surface area contributed by atoms with E-state index in [1.165, 1.54) is 11.1 Å². The first-order valence-electron chi connectivity index (χ1n) is 9.15. The van der Waals surface area contributed by atoms with Crippen molar-refractivity contribution in [1.29, 1.82) is 0 Å². The molecule has 26 heavy (non-hydrogen) atoms. The molecule has 2 amide bonds. The molecule has 0 bridgehead atoms. The van der Waals surface area contributed by atoms with Crippen LogP contribution in [0.4, 0.5) is 5.69 Å². The monoisotopic (exact) mass is 349 g/mol. The average molecular weight is 349 g/mol. The summed E-state index contributed by atoms with van der Waals surface area (Å²) in [4.78, 5) is 33.6. The number of fused-ring (bicyclic) bond motifs is 2. The number of amides is 2. The highest BCUT2D eigenvalue weighted by molar-refractivity contribution is 5.99. The highest BCUT2D eigenvalue weighted by Crippen LogP contribution is 2.33. The molecular weight excluding hydrogens is 326 g/mol. The van der Waals surface area contributed by atoms with Gasteiger partial charge in [0.15, 0.2) is 0 Å². The molecule has 1 aromatic carbocycles. The van der Waals surface area contributed by atoms with E-state index >= 15 is 0 Å². The summed E-state index contributed by atoms with van der Waals surface area (Å²) in [6.07, 6.45) is 3.69.